The zero-order valence-electron chi connectivity index (χ0n) is 12.4. The van der Waals surface area contributed by atoms with E-state index in [1.54, 1.807) is 6.08 Å². The predicted octanol–water partition coefficient (Wildman–Crippen LogP) is 3.88. The van der Waals surface area contributed by atoms with Crippen LogP contribution in [0.25, 0.3) is 0 Å². The minimum Gasteiger partial charge on any atom is -0.322 e. The Hall–Kier alpha value is -1.54. The first-order valence-corrected chi connectivity index (χ1v) is 6.88. The Balaban J connectivity index is 2.53. The number of hydrogen-bond acceptors (Lipinski definition) is 2. The second kappa shape index (κ2) is 7.15. The topological polar surface area (TPSA) is 24.1 Å². The minimum atomic E-state index is 0.302. The second-order valence-electron chi connectivity index (χ2n) is 5.17. The Labute approximate surface area is 117 Å². The van der Waals surface area contributed by atoms with Gasteiger partial charge in [0.2, 0.25) is 0 Å². The van der Waals surface area contributed by atoms with Gasteiger partial charge in [0.05, 0.1) is 6.04 Å². The van der Waals surface area contributed by atoms with E-state index in [9.17, 15) is 0 Å². The summed E-state index contributed by atoms with van der Waals surface area (Å²) in [6.45, 7) is 18.2. The lowest BCUT2D eigenvalue weighted by Crippen LogP contribution is -2.45. The van der Waals surface area contributed by atoms with Crippen molar-refractivity contribution in [2.24, 2.45) is 11.8 Å². The Bertz CT molecular complexity index is 415. The van der Waals surface area contributed by atoms with E-state index in [2.05, 4.69) is 69.6 Å². The molecule has 0 radical (unpaired) electrons. The van der Waals surface area contributed by atoms with Crippen LogP contribution in [0.4, 0.5) is 0 Å². The fraction of sp³-hybridized carbons (Fsp3) is 0.412. The van der Waals surface area contributed by atoms with Crippen LogP contribution in [0.15, 0.2) is 60.9 Å². The summed E-state index contributed by atoms with van der Waals surface area (Å²) in [4.78, 5) is 0. The average Bonchev–Trinajstić information content (AvgIpc) is 2.41. The molecule has 0 aromatic heterocycles. The molecule has 2 heteroatoms. The van der Waals surface area contributed by atoms with E-state index < -0.39 is 0 Å². The Morgan fingerprint density at radius 1 is 1.37 bits per heavy atom. The van der Waals surface area contributed by atoms with Crippen molar-refractivity contribution in [2.75, 3.05) is 0 Å². The maximum atomic E-state index is 4.19. The van der Waals surface area contributed by atoms with Gasteiger partial charge in [0, 0.05) is 11.6 Å². The molecule has 0 saturated carbocycles. The molecule has 1 rings (SSSR count). The number of nitrogens with one attached hydrogen (secondary N) is 2. The van der Waals surface area contributed by atoms with Crippen molar-refractivity contribution in [3.63, 3.8) is 0 Å². The van der Waals surface area contributed by atoms with Gasteiger partial charge < -0.3 is 5.43 Å². The van der Waals surface area contributed by atoms with Crippen LogP contribution >= 0.6 is 0 Å². The quantitative estimate of drug-likeness (QED) is 0.392. The van der Waals surface area contributed by atoms with Crippen molar-refractivity contribution in [1.82, 2.24) is 10.9 Å². The molecule has 104 valence electrons. The van der Waals surface area contributed by atoms with Gasteiger partial charge in [0.15, 0.2) is 0 Å². The SMILES string of the molecule is C=CC(=C)NNC1C=CC1/C=C(/C)C(=C)C(C)CC. The number of hydrazine groups is 1. The first kappa shape index (κ1) is 15.5. The molecule has 0 bridgehead atoms. The van der Waals surface area contributed by atoms with E-state index in [1.165, 1.54) is 11.1 Å². The summed E-state index contributed by atoms with van der Waals surface area (Å²) >= 11 is 0. The van der Waals surface area contributed by atoms with E-state index in [-0.39, 0.29) is 0 Å². The molecule has 0 fully saturated rings. The van der Waals surface area contributed by atoms with Crippen LogP contribution in [0.3, 0.4) is 0 Å². The van der Waals surface area contributed by atoms with Gasteiger partial charge in [-0.3, -0.25) is 0 Å². The maximum absolute atomic E-state index is 4.19. The lowest BCUT2D eigenvalue weighted by molar-refractivity contribution is 0.451. The van der Waals surface area contributed by atoms with Crippen LogP contribution in [0.1, 0.15) is 27.2 Å². The summed E-state index contributed by atoms with van der Waals surface area (Å²) in [5, 5.41) is 0. The fourth-order valence-corrected chi connectivity index (χ4v) is 1.91. The number of allylic oxidation sites excluding steroid dienone is 3. The maximum Gasteiger partial charge on any atom is 0.0538 e. The molecule has 1 aliphatic carbocycles. The fourth-order valence-electron chi connectivity index (χ4n) is 1.91. The van der Waals surface area contributed by atoms with Crippen LogP contribution < -0.4 is 10.9 Å². The molecule has 0 amide bonds. The smallest absolute Gasteiger partial charge is 0.0538 e. The highest BCUT2D eigenvalue weighted by atomic mass is 15.4. The van der Waals surface area contributed by atoms with Gasteiger partial charge in [0.25, 0.3) is 0 Å². The molecule has 0 spiro atoms. The molecule has 0 saturated heterocycles. The third kappa shape index (κ3) is 4.25. The van der Waals surface area contributed by atoms with Gasteiger partial charge in [-0.1, -0.05) is 57.4 Å². The molecule has 0 aromatic carbocycles. The molecule has 1 aliphatic rings. The first-order valence-electron chi connectivity index (χ1n) is 6.88. The van der Waals surface area contributed by atoms with Crippen LogP contribution in [0, 0.1) is 11.8 Å². The highest BCUT2D eigenvalue weighted by Gasteiger charge is 2.22. The van der Waals surface area contributed by atoms with Gasteiger partial charge in [0.1, 0.15) is 0 Å². The summed E-state index contributed by atoms with van der Waals surface area (Å²) in [6, 6.07) is 0.302. The van der Waals surface area contributed by atoms with Gasteiger partial charge in [-0.25, -0.2) is 5.43 Å². The Morgan fingerprint density at radius 2 is 2.05 bits per heavy atom. The van der Waals surface area contributed by atoms with Crippen molar-refractivity contribution >= 4 is 0 Å². The van der Waals surface area contributed by atoms with Crippen molar-refractivity contribution in [3.8, 4) is 0 Å². The molecular weight excluding hydrogens is 232 g/mol. The molecule has 19 heavy (non-hydrogen) atoms. The Kier molecular flexibility index (Phi) is 5.84. The average molecular weight is 258 g/mol. The van der Waals surface area contributed by atoms with Crippen LogP contribution in [-0.4, -0.2) is 6.04 Å². The number of hydrogen-bond donors (Lipinski definition) is 2. The molecular formula is C17H26N2. The van der Waals surface area contributed by atoms with Crippen LogP contribution in [0.2, 0.25) is 0 Å². The molecule has 0 aliphatic heterocycles. The van der Waals surface area contributed by atoms with E-state index in [0.717, 1.165) is 12.1 Å². The first-order chi connectivity index (χ1) is 8.99. The van der Waals surface area contributed by atoms with Gasteiger partial charge in [-0.15, -0.1) is 0 Å². The molecule has 0 aromatic rings. The van der Waals surface area contributed by atoms with Crippen molar-refractivity contribution in [3.05, 3.63) is 60.9 Å². The van der Waals surface area contributed by atoms with Crippen molar-refractivity contribution in [2.45, 2.75) is 33.2 Å². The predicted molar refractivity (Wildman–Crippen MR) is 84.4 cm³/mol. The normalized spacial score (nSPS) is 23.4. The largest absolute Gasteiger partial charge is 0.322 e. The van der Waals surface area contributed by atoms with Crippen molar-refractivity contribution < 1.29 is 0 Å². The van der Waals surface area contributed by atoms with Gasteiger partial charge in [-0.05, 0) is 30.9 Å². The van der Waals surface area contributed by atoms with E-state index in [0.29, 0.717) is 17.9 Å². The minimum absolute atomic E-state index is 0.302. The molecule has 2 nitrogen and oxygen atoms in total. The van der Waals surface area contributed by atoms with Crippen molar-refractivity contribution in [1.29, 1.82) is 0 Å². The summed E-state index contributed by atoms with van der Waals surface area (Å²) in [7, 11) is 0. The molecule has 3 unspecified atom stereocenters. The van der Waals surface area contributed by atoms with E-state index in [4.69, 9.17) is 0 Å². The highest BCUT2D eigenvalue weighted by Crippen LogP contribution is 2.26. The van der Waals surface area contributed by atoms with Gasteiger partial charge in [-0.2, -0.15) is 0 Å². The standard InChI is InChI=1S/C17H26N2/c1-7-12(3)15(6)13(4)11-16-9-10-17(16)19-18-14(5)8-2/h8-12,16-19H,2,5-7H2,1,3-4H3/b13-11-. The summed E-state index contributed by atoms with van der Waals surface area (Å²) in [5.41, 5.74) is 9.57. The van der Waals surface area contributed by atoms with Crippen LogP contribution in [-0.2, 0) is 0 Å². The molecule has 2 N–H and O–H groups in total. The third-order valence-electron chi connectivity index (χ3n) is 3.76. The second-order valence-corrected chi connectivity index (χ2v) is 5.17. The number of rotatable bonds is 8. The summed E-state index contributed by atoms with van der Waals surface area (Å²) in [6.07, 6.45) is 9.45. The third-order valence-corrected chi connectivity index (χ3v) is 3.76. The van der Waals surface area contributed by atoms with E-state index >= 15 is 0 Å². The summed E-state index contributed by atoms with van der Waals surface area (Å²) in [5.74, 6) is 0.955. The molecule has 0 heterocycles. The van der Waals surface area contributed by atoms with Gasteiger partial charge >= 0.3 is 0 Å². The zero-order valence-corrected chi connectivity index (χ0v) is 12.4. The highest BCUT2D eigenvalue weighted by molar-refractivity contribution is 5.33. The lowest BCUT2D eigenvalue weighted by atomic mass is 9.85. The Morgan fingerprint density at radius 3 is 2.53 bits per heavy atom. The lowest BCUT2D eigenvalue weighted by Gasteiger charge is -2.29. The van der Waals surface area contributed by atoms with Crippen LogP contribution in [0.5, 0.6) is 0 Å². The monoisotopic (exact) mass is 258 g/mol. The zero-order chi connectivity index (χ0) is 14.4. The molecule has 3 atom stereocenters. The summed E-state index contributed by atoms with van der Waals surface area (Å²) < 4.78 is 0. The van der Waals surface area contributed by atoms with E-state index in [1.807, 2.05) is 0 Å².